The number of thiocarbonyl (C=S) groups is 1. The van der Waals surface area contributed by atoms with Gasteiger partial charge in [0.05, 0.1) is 0 Å². The molecule has 2 N–H and O–H groups in total. The van der Waals surface area contributed by atoms with Gasteiger partial charge in [-0.3, -0.25) is 0 Å². The number of aryl methyl sites for hydroxylation is 1. The third-order valence-corrected chi connectivity index (χ3v) is 3.00. The highest BCUT2D eigenvalue weighted by atomic mass is 32.1. The van der Waals surface area contributed by atoms with Crippen LogP contribution in [0.5, 0.6) is 0 Å². The van der Waals surface area contributed by atoms with Crippen molar-refractivity contribution in [2.75, 3.05) is 10.6 Å². The molecule has 2 rings (SSSR count). The highest BCUT2D eigenvalue weighted by Gasteiger charge is 1.97. The number of allylic oxidation sites excluding steroid dienone is 1. The van der Waals surface area contributed by atoms with E-state index in [1.807, 2.05) is 43.3 Å². The summed E-state index contributed by atoms with van der Waals surface area (Å²) in [6, 6.07) is 18.2. The summed E-state index contributed by atoms with van der Waals surface area (Å²) >= 11 is 5.32. The molecule has 0 saturated carbocycles. The normalized spacial score (nSPS) is 11.0. The van der Waals surface area contributed by atoms with Crippen LogP contribution in [0.15, 0.2) is 66.4 Å². The minimum atomic E-state index is 0.688. The molecule has 0 radical (unpaired) electrons. The van der Waals surface area contributed by atoms with E-state index in [9.17, 15) is 0 Å². The number of anilines is 2. The van der Waals surface area contributed by atoms with E-state index in [1.165, 1.54) is 5.56 Å². The second kappa shape index (κ2) is 6.87. The monoisotopic (exact) mass is 282 g/mol. The molecule has 102 valence electrons. The Hall–Kier alpha value is -2.13. The molecule has 20 heavy (non-hydrogen) atoms. The lowest BCUT2D eigenvalue weighted by Crippen LogP contribution is -2.08. The van der Waals surface area contributed by atoms with Crippen LogP contribution in [-0.2, 0) is 0 Å². The van der Waals surface area contributed by atoms with E-state index in [-0.39, 0.29) is 0 Å². The minimum absolute atomic E-state index is 0.688. The van der Waals surface area contributed by atoms with Gasteiger partial charge in [0.15, 0.2) is 0 Å². The third kappa shape index (κ3) is 4.52. The summed E-state index contributed by atoms with van der Waals surface area (Å²) in [7, 11) is 0. The number of rotatable bonds is 4. The molecule has 0 aliphatic carbocycles. The summed E-state index contributed by atoms with van der Waals surface area (Å²) < 4.78 is 0. The van der Waals surface area contributed by atoms with Gasteiger partial charge in [-0.2, -0.15) is 0 Å². The summed E-state index contributed by atoms with van der Waals surface area (Å²) in [6.45, 7) is 4.07. The molecule has 2 aromatic rings. The fraction of sp³-hybridized carbons (Fsp3) is 0.118. The van der Waals surface area contributed by atoms with Gasteiger partial charge >= 0.3 is 0 Å². The minimum Gasteiger partial charge on any atom is -0.359 e. The van der Waals surface area contributed by atoms with Crippen LogP contribution in [0.2, 0.25) is 0 Å². The fourth-order valence-corrected chi connectivity index (χ4v) is 2.09. The molecule has 2 aromatic carbocycles. The first-order valence-electron chi connectivity index (χ1n) is 6.51. The molecule has 0 bridgehead atoms. The SMILES string of the molecule is C/C(=C\C(=S)Nc1ccccc1)Nc1ccc(C)cc1. The molecule has 0 aliphatic heterocycles. The number of benzene rings is 2. The van der Waals surface area contributed by atoms with Crippen LogP contribution in [0.4, 0.5) is 11.4 Å². The highest BCUT2D eigenvalue weighted by Crippen LogP contribution is 2.12. The molecule has 0 atom stereocenters. The van der Waals surface area contributed by atoms with Crippen LogP contribution in [0.3, 0.4) is 0 Å². The van der Waals surface area contributed by atoms with Gasteiger partial charge in [-0.25, -0.2) is 0 Å². The Morgan fingerprint density at radius 1 is 0.900 bits per heavy atom. The van der Waals surface area contributed by atoms with Gasteiger partial charge in [0, 0.05) is 17.1 Å². The van der Waals surface area contributed by atoms with E-state index in [2.05, 4.69) is 41.8 Å². The zero-order chi connectivity index (χ0) is 14.4. The van der Waals surface area contributed by atoms with Crippen LogP contribution in [0.25, 0.3) is 0 Å². The van der Waals surface area contributed by atoms with E-state index < -0.39 is 0 Å². The lowest BCUT2D eigenvalue weighted by molar-refractivity contribution is 1.37. The topological polar surface area (TPSA) is 24.1 Å². The average Bonchev–Trinajstić information content (AvgIpc) is 2.42. The Labute approximate surface area is 125 Å². The molecule has 0 aliphatic rings. The molecule has 0 spiro atoms. The van der Waals surface area contributed by atoms with Gasteiger partial charge in [0.25, 0.3) is 0 Å². The van der Waals surface area contributed by atoms with Crippen molar-refractivity contribution >= 4 is 28.6 Å². The number of para-hydroxylation sites is 1. The first-order valence-corrected chi connectivity index (χ1v) is 6.92. The smallest absolute Gasteiger partial charge is 0.105 e. The summed E-state index contributed by atoms with van der Waals surface area (Å²) in [5, 5.41) is 6.50. The van der Waals surface area contributed by atoms with Gasteiger partial charge < -0.3 is 10.6 Å². The fourth-order valence-electron chi connectivity index (χ4n) is 1.80. The maximum absolute atomic E-state index is 5.32. The van der Waals surface area contributed by atoms with Crippen LogP contribution < -0.4 is 10.6 Å². The van der Waals surface area contributed by atoms with Crippen molar-refractivity contribution in [2.24, 2.45) is 0 Å². The second-order valence-corrected chi connectivity index (χ2v) is 5.11. The van der Waals surface area contributed by atoms with Gasteiger partial charge in [0.1, 0.15) is 4.99 Å². The molecule has 0 amide bonds. The van der Waals surface area contributed by atoms with Crippen molar-refractivity contribution in [3.63, 3.8) is 0 Å². The largest absolute Gasteiger partial charge is 0.359 e. The molecule has 0 unspecified atom stereocenters. The standard InChI is InChI=1S/C17H18N2S/c1-13-8-10-16(11-9-13)18-14(2)12-17(20)19-15-6-4-3-5-7-15/h3-12,18H,1-2H3,(H,19,20)/b14-12+. The predicted octanol–water partition coefficient (Wildman–Crippen LogP) is 4.75. The van der Waals surface area contributed by atoms with Crippen molar-refractivity contribution < 1.29 is 0 Å². The van der Waals surface area contributed by atoms with Crippen molar-refractivity contribution in [1.82, 2.24) is 0 Å². The van der Waals surface area contributed by atoms with E-state index >= 15 is 0 Å². The predicted molar refractivity (Wildman–Crippen MR) is 91.2 cm³/mol. The van der Waals surface area contributed by atoms with Crippen LogP contribution >= 0.6 is 12.2 Å². The molecule has 0 aromatic heterocycles. The highest BCUT2D eigenvalue weighted by molar-refractivity contribution is 7.81. The molecule has 0 fully saturated rings. The maximum atomic E-state index is 5.32. The molecular formula is C17H18N2S. The molecular weight excluding hydrogens is 264 g/mol. The number of hydrogen-bond donors (Lipinski definition) is 2. The van der Waals surface area contributed by atoms with Crippen molar-refractivity contribution in [3.8, 4) is 0 Å². The number of hydrogen-bond acceptors (Lipinski definition) is 2. The Bertz CT molecular complexity index is 601. The molecule has 0 saturated heterocycles. The molecule has 0 heterocycles. The van der Waals surface area contributed by atoms with E-state index in [1.54, 1.807) is 0 Å². The number of nitrogens with one attached hydrogen (secondary N) is 2. The van der Waals surface area contributed by atoms with Crippen molar-refractivity contribution in [3.05, 3.63) is 71.9 Å². The Balaban J connectivity index is 1.96. The van der Waals surface area contributed by atoms with E-state index in [0.29, 0.717) is 4.99 Å². The summed E-state index contributed by atoms with van der Waals surface area (Å²) in [5.74, 6) is 0. The molecule has 2 nitrogen and oxygen atoms in total. The Morgan fingerprint density at radius 3 is 2.15 bits per heavy atom. The first kappa shape index (κ1) is 14.3. The van der Waals surface area contributed by atoms with Gasteiger partial charge in [-0.1, -0.05) is 48.1 Å². The molecule has 3 heteroatoms. The van der Waals surface area contributed by atoms with Crippen LogP contribution in [0.1, 0.15) is 12.5 Å². The van der Waals surface area contributed by atoms with E-state index in [0.717, 1.165) is 17.1 Å². The lowest BCUT2D eigenvalue weighted by Gasteiger charge is -2.09. The maximum Gasteiger partial charge on any atom is 0.105 e. The van der Waals surface area contributed by atoms with Gasteiger partial charge in [0.2, 0.25) is 0 Å². The average molecular weight is 282 g/mol. The van der Waals surface area contributed by atoms with Crippen LogP contribution in [0, 0.1) is 6.92 Å². The summed E-state index contributed by atoms with van der Waals surface area (Å²) in [6.07, 6.45) is 1.92. The summed E-state index contributed by atoms with van der Waals surface area (Å²) in [5.41, 5.74) is 4.31. The Kier molecular flexibility index (Phi) is 4.91. The quantitative estimate of drug-likeness (QED) is 0.625. The summed E-state index contributed by atoms with van der Waals surface area (Å²) in [4.78, 5) is 0.688. The Morgan fingerprint density at radius 2 is 1.50 bits per heavy atom. The van der Waals surface area contributed by atoms with Crippen molar-refractivity contribution in [2.45, 2.75) is 13.8 Å². The third-order valence-electron chi connectivity index (χ3n) is 2.78. The first-order chi connectivity index (χ1) is 9.63. The van der Waals surface area contributed by atoms with E-state index in [4.69, 9.17) is 12.2 Å². The zero-order valence-corrected chi connectivity index (χ0v) is 12.5. The van der Waals surface area contributed by atoms with Gasteiger partial charge in [-0.05, 0) is 44.2 Å². The second-order valence-electron chi connectivity index (χ2n) is 4.67. The van der Waals surface area contributed by atoms with Crippen molar-refractivity contribution in [1.29, 1.82) is 0 Å². The van der Waals surface area contributed by atoms with Gasteiger partial charge in [-0.15, -0.1) is 0 Å². The lowest BCUT2D eigenvalue weighted by atomic mass is 10.2. The zero-order valence-electron chi connectivity index (χ0n) is 11.7. The van der Waals surface area contributed by atoms with Crippen LogP contribution in [-0.4, -0.2) is 4.99 Å².